The van der Waals surface area contributed by atoms with Crippen LogP contribution in [0.15, 0.2) is 24.0 Å². The van der Waals surface area contributed by atoms with Crippen LogP contribution in [0.4, 0.5) is 4.79 Å². The molecule has 15 nitrogen and oxygen atoms in total. The molecule has 1 aliphatic rings. The molecule has 0 aliphatic carbocycles. The largest absolute Gasteiger partial charge is 0.456 e. The molecule has 1 aliphatic heterocycles. The van der Waals surface area contributed by atoms with Crippen LogP contribution in [-0.4, -0.2) is 66.2 Å². The predicted molar refractivity (Wildman–Crippen MR) is 115 cm³/mol. The van der Waals surface area contributed by atoms with Gasteiger partial charge in [-0.05, 0) is 51.2 Å². The predicted octanol–water partition coefficient (Wildman–Crippen LogP) is 2.08. The van der Waals surface area contributed by atoms with Crippen LogP contribution in [0.3, 0.4) is 0 Å². The second kappa shape index (κ2) is 15.4. The standard InChI is InChI=1S/C18H27N3O12S/c1-12-16(32-13(2)31-12)11-29-17(22)15(7-9-34-3)19-18(23)28-8-5-4-6-14(33-21(26)27)10-30-20(24)25/h14-15H,2,4-11H2,1,3H3,(H,19,23). The second-order valence-electron chi connectivity index (χ2n) is 6.74. The van der Waals surface area contributed by atoms with Gasteiger partial charge in [0.1, 0.15) is 24.5 Å². The van der Waals surface area contributed by atoms with E-state index in [1.54, 1.807) is 6.92 Å². The van der Waals surface area contributed by atoms with E-state index >= 15 is 0 Å². The lowest BCUT2D eigenvalue weighted by atomic mass is 10.2. The van der Waals surface area contributed by atoms with Gasteiger partial charge in [0.15, 0.2) is 12.4 Å². The molecule has 34 heavy (non-hydrogen) atoms. The van der Waals surface area contributed by atoms with Gasteiger partial charge in [0.25, 0.3) is 16.1 Å². The highest BCUT2D eigenvalue weighted by Crippen LogP contribution is 2.23. The van der Waals surface area contributed by atoms with Crippen LogP contribution in [-0.2, 0) is 33.4 Å². The molecule has 1 heterocycles. The van der Waals surface area contributed by atoms with E-state index in [-0.39, 0.29) is 32.0 Å². The Morgan fingerprint density at radius 1 is 1.15 bits per heavy atom. The van der Waals surface area contributed by atoms with Gasteiger partial charge < -0.3 is 33.9 Å². The van der Waals surface area contributed by atoms with Gasteiger partial charge in [0.2, 0.25) is 0 Å². The fraction of sp³-hybridized carbons (Fsp3) is 0.667. The number of amides is 1. The van der Waals surface area contributed by atoms with Crippen molar-refractivity contribution in [1.82, 2.24) is 5.32 Å². The third-order valence-electron chi connectivity index (χ3n) is 4.18. The molecule has 0 radical (unpaired) electrons. The Bertz CT molecular complexity index is 775. The first-order chi connectivity index (χ1) is 16.1. The third-order valence-corrected chi connectivity index (χ3v) is 4.83. The van der Waals surface area contributed by atoms with Crippen molar-refractivity contribution in [3.05, 3.63) is 44.3 Å². The Kier molecular flexibility index (Phi) is 13.0. The minimum atomic E-state index is -1.13. The zero-order chi connectivity index (χ0) is 25.5. The van der Waals surface area contributed by atoms with Gasteiger partial charge in [-0.3, -0.25) is 0 Å². The minimum absolute atomic E-state index is 0.0588. The Hall–Kier alpha value is -3.43. The van der Waals surface area contributed by atoms with Crippen molar-refractivity contribution in [2.45, 2.75) is 44.8 Å². The van der Waals surface area contributed by atoms with Crippen LogP contribution in [0.1, 0.15) is 32.6 Å². The number of nitrogens with one attached hydrogen (secondary N) is 1. The van der Waals surface area contributed by atoms with Gasteiger partial charge in [0, 0.05) is 0 Å². The van der Waals surface area contributed by atoms with Crippen molar-refractivity contribution in [2.24, 2.45) is 0 Å². The summed E-state index contributed by atoms with van der Waals surface area (Å²) in [5.41, 5.74) is 0. The SMILES string of the molecule is C=C1OC(C)=C(COC(=O)C(CCSC)NC(=O)OCCCCC(CO[N+](=O)[O-])O[N+](=O)[O-])O1. The maximum Gasteiger partial charge on any atom is 0.407 e. The first-order valence-corrected chi connectivity index (χ1v) is 11.4. The number of carbonyl (C=O) groups is 2. The molecule has 0 saturated heterocycles. The Balaban J connectivity index is 2.40. The molecular weight excluding hydrogens is 482 g/mol. The smallest absolute Gasteiger partial charge is 0.407 e. The van der Waals surface area contributed by atoms with Crippen molar-refractivity contribution in [2.75, 3.05) is 31.8 Å². The first-order valence-electron chi connectivity index (χ1n) is 10.0. The number of thioether (sulfide) groups is 1. The summed E-state index contributed by atoms with van der Waals surface area (Å²) in [5, 5.41) is 21.0. The zero-order valence-electron chi connectivity index (χ0n) is 18.7. The summed E-state index contributed by atoms with van der Waals surface area (Å²) in [6.45, 7) is 4.28. The molecule has 0 fully saturated rings. The molecule has 0 aromatic carbocycles. The maximum atomic E-state index is 12.4. The fourth-order valence-corrected chi connectivity index (χ4v) is 3.04. The molecule has 16 heteroatoms. The first kappa shape index (κ1) is 28.6. The van der Waals surface area contributed by atoms with Gasteiger partial charge in [0.05, 0.1) is 6.61 Å². The number of nitrogens with zero attached hydrogens (tertiary/aromatic N) is 2. The van der Waals surface area contributed by atoms with Crippen LogP contribution in [0.5, 0.6) is 0 Å². The van der Waals surface area contributed by atoms with E-state index in [0.29, 0.717) is 30.1 Å². The summed E-state index contributed by atoms with van der Waals surface area (Å²) in [4.78, 5) is 53.5. The molecule has 2 atom stereocenters. The molecule has 0 spiro atoms. The van der Waals surface area contributed by atoms with Gasteiger partial charge in [-0.1, -0.05) is 0 Å². The molecule has 192 valence electrons. The van der Waals surface area contributed by atoms with Crippen LogP contribution in [0.2, 0.25) is 0 Å². The number of allylic oxidation sites excluding steroid dienone is 1. The number of alkyl carbamates (subject to hydrolysis) is 1. The van der Waals surface area contributed by atoms with E-state index in [4.69, 9.17) is 18.9 Å². The molecule has 0 bridgehead atoms. The average molecular weight is 509 g/mol. The number of hydrogen-bond donors (Lipinski definition) is 1. The zero-order valence-corrected chi connectivity index (χ0v) is 19.5. The molecule has 0 aromatic heterocycles. The number of carbonyl (C=O) groups excluding carboxylic acids is 2. The van der Waals surface area contributed by atoms with E-state index < -0.39 is 41.0 Å². The van der Waals surface area contributed by atoms with Gasteiger partial charge in [-0.2, -0.15) is 11.8 Å². The summed E-state index contributed by atoms with van der Waals surface area (Å²) in [7, 11) is 0. The molecule has 1 rings (SSSR count). The summed E-state index contributed by atoms with van der Waals surface area (Å²) >= 11 is 1.48. The van der Waals surface area contributed by atoms with Crippen LogP contribution in [0.25, 0.3) is 0 Å². The van der Waals surface area contributed by atoms with Gasteiger partial charge >= 0.3 is 12.1 Å². The topological polar surface area (TPSA) is 188 Å². The lowest BCUT2D eigenvalue weighted by Crippen LogP contribution is -2.42. The average Bonchev–Trinajstić information content (AvgIpc) is 3.09. The second-order valence-corrected chi connectivity index (χ2v) is 7.73. The van der Waals surface area contributed by atoms with Crippen LogP contribution in [0, 0.1) is 20.2 Å². The number of ether oxygens (including phenoxy) is 4. The van der Waals surface area contributed by atoms with Crippen molar-refractivity contribution < 1.29 is 48.4 Å². The fourth-order valence-electron chi connectivity index (χ4n) is 2.57. The van der Waals surface area contributed by atoms with Crippen molar-refractivity contribution in [1.29, 1.82) is 0 Å². The summed E-state index contributed by atoms with van der Waals surface area (Å²) in [5.74, 6) is 0.681. The summed E-state index contributed by atoms with van der Waals surface area (Å²) in [6.07, 6.45) is 0.817. The van der Waals surface area contributed by atoms with Crippen LogP contribution < -0.4 is 5.32 Å². The summed E-state index contributed by atoms with van der Waals surface area (Å²) in [6, 6.07) is -0.955. The van der Waals surface area contributed by atoms with E-state index in [1.807, 2.05) is 6.26 Å². The van der Waals surface area contributed by atoms with E-state index in [9.17, 15) is 29.8 Å². The Morgan fingerprint density at radius 2 is 1.88 bits per heavy atom. The van der Waals surface area contributed by atoms with Crippen molar-refractivity contribution in [3.8, 4) is 0 Å². The number of hydrogen-bond acceptors (Lipinski definition) is 13. The molecule has 2 unspecified atom stereocenters. The quantitative estimate of drug-likeness (QED) is 0.130. The molecular formula is C18H27N3O12S. The van der Waals surface area contributed by atoms with E-state index in [1.165, 1.54) is 11.8 Å². The number of esters is 1. The highest BCUT2D eigenvalue weighted by Gasteiger charge is 2.25. The molecule has 0 aromatic rings. The third kappa shape index (κ3) is 12.0. The highest BCUT2D eigenvalue weighted by atomic mass is 32.2. The van der Waals surface area contributed by atoms with E-state index in [2.05, 4.69) is 21.6 Å². The Morgan fingerprint density at radius 3 is 2.47 bits per heavy atom. The monoisotopic (exact) mass is 509 g/mol. The summed E-state index contributed by atoms with van der Waals surface area (Å²) < 4.78 is 20.5. The highest BCUT2D eigenvalue weighted by molar-refractivity contribution is 7.98. The number of unbranched alkanes of at least 4 members (excludes halogenated alkanes) is 1. The van der Waals surface area contributed by atoms with E-state index in [0.717, 1.165) is 0 Å². The molecule has 0 saturated carbocycles. The minimum Gasteiger partial charge on any atom is -0.456 e. The lowest BCUT2D eigenvalue weighted by Gasteiger charge is -2.17. The Labute approximate surface area is 198 Å². The molecule has 1 N–H and O–H groups in total. The van der Waals surface area contributed by atoms with Crippen LogP contribution >= 0.6 is 11.8 Å². The normalized spacial score (nSPS) is 14.4. The number of rotatable bonds is 17. The molecule has 1 amide bonds. The maximum absolute atomic E-state index is 12.4. The van der Waals surface area contributed by atoms with Gasteiger partial charge in [-0.15, -0.1) is 20.2 Å². The van der Waals surface area contributed by atoms with Gasteiger partial charge in [-0.25, -0.2) is 9.59 Å². The van der Waals surface area contributed by atoms with Crippen molar-refractivity contribution >= 4 is 23.8 Å². The lowest BCUT2D eigenvalue weighted by molar-refractivity contribution is -0.790. The van der Waals surface area contributed by atoms with Crippen molar-refractivity contribution in [3.63, 3.8) is 0 Å².